The average Bonchev–Trinajstić information content (AvgIpc) is 3.24. The van der Waals surface area contributed by atoms with Crippen molar-refractivity contribution in [3.8, 4) is 0 Å². The molecule has 0 spiro atoms. The fourth-order valence-electron chi connectivity index (χ4n) is 2.65. The summed E-state index contributed by atoms with van der Waals surface area (Å²) in [6, 6.07) is -2.15. The number of fused-ring (bicyclic) bond motifs is 2. The van der Waals surface area contributed by atoms with Gasteiger partial charge in [0.2, 0.25) is 0 Å². The molecule has 122 valence electrons. The molecule has 3 aliphatic rings. The Morgan fingerprint density at radius 1 is 1.45 bits per heavy atom. The average molecular weight is 333 g/mol. The lowest BCUT2D eigenvalue weighted by Crippen LogP contribution is -2.48. The summed E-state index contributed by atoms with van der Waals surface area (Å²) in [5.74, 6) is -0.378. The quantitative estimate of drug-likeness (QED) is 0.227. The molecule has 1 unspecified atom stereocenters. The third-order valence-electron chi connectivity index (χ3n) is 3.78. The maximum atomic E-state index is 12.2. The second-order valence-corrected chi connectivity index (χ2v) is 6.35. The van der Waals surface area contributed by atoms with Crippen molar-refractivity contribution >= 4 is 28.2 Å². The molecule has 0 saturated carbocycles. The van der Waals surface area contributed by atoms with Crippen molar-refractivity contribution in [1.82, 2.24) is 15.3 Å². The van der Waals surface area contributed by atoms with Crippen molar-refractivity contribution in [3.63, 3.8) is 0 Å². The molecule has 3 atom stereocenters. The molecule has 3 rings (SSSR count). The molecule has 3 fully saturated rings. The first-order valence-electron chi connectivity index (χ1n) is 6.64. The molecule has 3 amide bonds. The van der Waals surface area contributed by atoms with Gasteiger partial charge in [-0.3, -0.25) is 9.35 Å². The van der Waals surface area contributed by atoms with Gasteiger partial charge in [0.1, 0.15) is 11.9 Å². The number of amidine groups is 1. The molecule has 12 heteroatoms. The number of carbonyl (C=O) groups excluding carboxylic acids is 2. The van der Waals surface area contributed by atoms with Crippen LogP contribution in [-0.4, -0.2) is 71.9 Å². The van der Waals surface area contributed by atoms with E-state index in [-0.39, 0.29) is 18.4 Å². The van der Waals surface area contributed by atoms with Crippen LogP contribution in [-0.2, 0) is 19.5 Å². The van der Waals surface area contributed by atoms with Gasteiger partial charge >= 0.3 is 16.4 Å². The zero-order valence-electron chi connectivity index (χ0n) is 11.4. The highest BCUT2D eigenvalue weighted by Gasteiger charge is 2.48. The van der Waals surface area contributed by atoms with E-state index < -0.39 is 34.4 Å². The first kappa shape index (κ1) is 15.1. The van der Waals surface area contributed by atoms with Gasteiger partial charge < -0.3 is 16.0 Å². The minimum atomic E-state index is -4.78. The van der Waals surface area contributed by atoms with Crippen molar-refractivity contribution in [1.29, 1.82) is 0 Å². The molecule has 2 bridgehead atoms. The Labute approximate surface area is 126 Å². The third-order valence-corrected chi connectivity index (χ3v) is 4.13. The summed E-state index contributed by atoms with van der Waals surface area (Å²) in [4.78, 5) is 28.8. The molecule has 11 nitrogen and oxygen atoms in total. The van der Waals surface area contributed by atoms with Crippen molar-refractivity contribution in [3.05, 3.63) is 0 Å². The van der Waals surface area contributed by atoms with Crippen molar-refractivity contribution in [2.75, 3.05) is 13.1 Å². The monoisotopic (exact) mass is 333 g/mol. The van der Waals surface area contributed by atoms with Crippen LogP contribution in [0.5, 0.6) is 0 Å². The normalized spacial score (nSPS) is 31.6. The van der Waals surface area contributed by atoms with Crippen LogP contribution in [0.1, 0.15) is 12.8 Å². The molecule has 3 aliphatic heterocycles. The predicted octanol–water partition coefficient (Wildman–Crippen LogP) is -2.15. The van der Waals surface area contributed by atoms with Gasteiger partial charge in [0, 0.05) is 13.1 Å². The van der Waals surface area contributed by atoms with Gasteiger partial charge in [-0.2, -0.15) is 18.5 Å². The van der Waals surface area contributed by atoms with Gasteiger partial charge in [0.25, 0.3) is 5.91 Å². The summed E-state index contributed by atoms with van der Waals surface area (Å²) in [6.07, 6.45) is 0.830. The Hall–Kier alpha value is -1.76. The SMILES string of the molecule is NC(=NC(=O)C1CN1)[C@@H]1CC[C@@H]2CN1C(=O)N2OS(=O)(=O)O. The summed E-state index contributed by atoms with van der Waals surface area (Å²) < 4.78 is 34.6. The van der Waals surface area contributed by atoms with Crippen LogP contribution >= 0.6 is 0 Å². The molecule has 0 aliphatic carbocycles. The molecule has 22 heavy (non-hydrogen) atoms. The molecule has 4 N–H and O–H groups in total. The van der Waals surface area contributed by atoms with E-state index in [1.807, 2.05) is 0 Å². The highest BCUT2D eigenvalue weighted by molar-refractivity contribution is 7.80. The number of urea groups is 1. The minimum absolute atomic E-state index is 0.0132. The summed E-state index contributed by atoms with van der Waals surface area (Å²) in [5.41, 5.74) is 5.81. The Morgan fingerprint density at radius 2 is 2.14 bits per heavy atom. The van der Waals surface area contributed by atoms with E-state index in [0.717, 1.165) is 0 Å². The topological polar surface area (TPSA) is 165 Å². The minimum Gasteiger partial charge on any atom is -0.385 e. The second-order valence-electron chi connectivity index (χ2n) is 5.35. The number of piperidine rings is 1. The lowest BCUT2D eigenvalue weighted by Gasteiger charge is -2.29. The summed E-state index contributed by atoms with van der Waals surface area (Å²) in [7, 11) is -4.78. The van der Waals surface area contributed by atoms with Crippen LogP contribution in [0.2, 0.25) is 0 Å². The lowest BCUT2D eigenvalue weighted by molar-refractivity contribution is -0.117. The Kier molecular flexibility index (Phi) is 3.55. The van der Waals surface area contributed by atoms with Gasteiger partial charge in [-0.15, -0.1) is 4.28 Å². The maximum absolute atomic E-state index is 12.2. The van der Waals surface area contributed by atoms with Crippen molar-refractivity contribution < 1.29 is 26.8 Å². The maximum Gasteiger partial charge on any atom is 0.418 e. The number of aliphatic imine (C=N–C) groups is 1. The van der Waals surface area contributed by atoms with Crippen molar-refractivity contribution in [2.45, 2.75) is 31.0 Å². The van der Waals surface area contributed by atoms with Crippen LogP contribution in [0.25, 0.3) is 0 Å². The summed E-state index contributed by atoms with van der Waals surface area (Å²) in [6.45, 7) is 0.742. The van der Waals surface area contributed by atoms with Crippen LogP contribution < -0.4 is 11.1 Å². The van der Waals surface area contributed by atoms with E-state index in [2.05, 4.69) is 14.6 Å². The number of amides is 3. The highest BCUT2D eigenvalue weighted by atomic mass is 32.3. The summed E-state index contributed by atoms with van der Waals surface area (Å²) in [5, 5.41) is 3.42. The number of hydroxylamine groups is 2. The van der Waals surface area contributed by atoms with E-state index in [0.29, 0.717) is 24.4 Å². The largest absolute Gasteiger partial charge is 0.418 e. The third kappa shape index (κ3) is 2.90. The number of hydrogen-bond donors (Lipinski definition) is 3. The molecule has 3 heterocycles. The van der Waals surface area contributed by atoms with Crippen LogP contribution in [0.15, 0.2) is 4.99 Å². The van der Waals surface area contributed by atoms with E-state index in [9.17, 15) is 18.0 Å². The van der Waals surface area contributed by atoms with Gasteiger partial charge in [0.15, 0.2) is 0 Å². The lowest BCUT2D eigenvalue weighted by atomic mass is 10.0. The van der Waals surface area contributed by atoms with E-state index in [1.165, 1.54) is 4.90 Å². The number of hydrogen-bond acceptors (Lipinski definition) is 6. The Bertz CT molecular complexity index is 644. The second kappa shape index (κ2) is 5.15. The van der Waals surface area contributed by atoms with E-state index in [4.69, 9.17) is 10.3 Å². The zero-order chi connectivity index (χ0) is 16.1. The predicted molar refractivity (Wildman–Crippen MR) is 71.8 cm³/mol. The Balaban J connectivity index is 1.75. The number of nitrogens with two attached hydrogens (primary N) is 1. The number of nitrogens with one attached hydrogen (secondary N) is 1. The molecule has 3 saturated heterocycles. The molecule has 0 aromatic heterocycles. The number of nitrogens with zero attached hydrogens (tertiary/aromatic N) is 3. The van der Waals surface area contributed by atoms with Gasteiger partial charge in [0.05, 0.1) is 12.1 Å². The molecular formula is C10H15N5O6S. The van der Waals surface area contributed by atoms with Gasteiger partial charge in [-0.05, 0) is 12.8 Å². The fourth-order valence-corrected chi connectivity index (χ4v) is 3.04. The number of rotatable bonds is 4. The van der Waals surface area contributed by atoms with E-state index >= 15 is 0 Å². The van der Waals surface area contributed by atoms with Crippen molar-refractivity contribution in [2.24, 2.45) is 10.7 Å². The van der Waals surface area contributed by atoms with Gasteiger partial charge in [-0.25, -0.2) is 4.79 Å². The molecular weight excluding hydrogens is 318 g/mol. The standard InChI is InChI=1S/C10H15N5O6S/c11-8(13-9(16)6-3-12-6)7-2-1-5-4-14(7)10(17)15(5)21-22(18,19)20/h5-7,12H,1-4H2,(H2,11,13,16)(H,18,19,20)/t5-,6?,7+/m1/s1. The molecule has 0 radical (unpaired) electrons. The Morgan fingerprint density at radius 3 is 2.73 bits per heavy atom. The summed E-state index contributed by atoms with van der Waals surface area (Å²) >= 11 is 0. The zero-order valence-corrected chi connectivity index (χ0v) is 12.2. The smallest absolute Gasteiger partial charge is 0.385 e. The van der Waals surface area contributed by atoms with Crippen LogP contribution in [0.4, 0.5) is 4.79 Å². The molecule has 0 aromatic carbocycles. The van der Waals surface area contributed by atoms with E-state index in [1.54, 1.807) is 0 Å². The van der Waals surface area contributed by atoms with Crippen LogP contribution in [0, 0.1) is 0 Å². The first-order chi connectivity index (χ1) is 10.3. The highest BCUT2D eigenvalue weighted by Crippen LogP contribution is 2.30. The van der Waals surface area contributed by atoms with Crippen LogP contribution in [0.3, 0.4) is 0 Å². The molecule has 0 aromatic rings. The number of carbonyl (C=O) groups is 2. The fraction of sp³-hybridized carbons (Fsp3) is 0.700. The first-order valence-corrected chi connectivity index (χ1v) is 8.01. The van der Waals surface area contributed by atoms with Gasteiger partial charge in [-0.1, -0.05) is 0 Å².